The summed E-state index contributed by atoms with van der Waals surface area (Å²) in [6.45, 7) is 3.24. The van der Waals surface area contributed by atoms with Crippen LogP contribution in [-0.4, -0.2) is 56.9 Å². The summed E-state index contributed by atoms with van der Waals surface area (Å²) >= 11 is 0. The molecule has 0 bridgehead atoms. The van der Waals surface area contributed by atoms with Gasteiger partial charge in [0, 0.05) is 25.6 Å². The molecule has 1 aliphatic rings. The minimum atomic E-state index is -3.13. The highest BCUT2D eigenvalue weighted by Crippen LogP contribution is 2.40. The van der Waals surface area contributed by atoms with Crippen LogP contribution in [0.25, 0.3) is 0 Å². The maximum atomic E-state index is 15.2. The van der Waals surface area contributed by atoms with Crippen LogP contribution in [0.15, 0.2) is 42.5 Å². The van der Waals surface area contributed by atoms with Gasteiger partial charge in [-0.05, 0) is 61.4 Å². The third-order valence-electron chi connectivity index (χ3n) is 7.21. The number of rotatable bonds is 14. The molecule has 38 heavy (non-hydrogen) atoms. The van der Waals surface area contributed by atoms with Crippen LogP contribution in [0, 0.1) is 5.92 Å². The predicted molar refractivity (Wildman–Crippen MR) is 143 cm³/mol. The monoisotopic (exact) mass is 531 g/mol. The number of benzene rings is 2. The van der Waals surface area contributed by atoms with E-state index >= 15 is 8.78 Å². The van der Waals surface area contributed by atoms with E-state index in [1.54, 1.807) is 54.3 Å². The molecule has 0 aliphatic carbocycles. The molecule has 2 aromatic carbocycles. The first-order valence-electron chi connectivity index (χ1n) is 13.4. The fourth-order valence-corrected chi connectivity index (χ4v) is 5.09. The highest BCUT2D eigenvalue weighted by Gasteiger charge is 2.46. The number of ether oxygens (including phenoxy) is 3. The summed E-state index contributed by atoms with van der Waals surface area (Å²) < 4.78 is 46.6. The molecule has 208 valence electrons. The van der Waals surface area contributed by atoms with Crippen molar-refractivity contribution in [2.45, 2.75) is 63.7 Å². The van der Waals surface area contributed by atoms with Gasteiger partial charge in [-0.15, -0.1) is 0 Å². The molecule has 0 N–H and O–H groups in total. The van der Waals surface area contributed by atoms with E-state index in [0.717, 1.165) is 38.4 Å². The molecule has 6 nitrogen and oxygen atoms in total. The summed E-state index contributed by atoms with van der Waals surface area (Å²) in [5.74, 6) is -3.08. The maximum absolute atomic E-state index is 15.2. The van der Waals surface area contributed by atoms with Gasteiger partial charge in [0.15, 0.2) is 6.29 Å². The fraction of sp³-hybridized carbons (Fsp3) is 0.533. The molecule has 0 radical (unpaired) electrons. The van der Waals surface area contributed by atoms with E-state index < -0.39 is 17.7 Å². The number of hydrogen-bond acceptors (Lipinski definition) is 5. The van der Waals surface area contributed by atoms with Crippen LogP contribution in [0.4, 0.5) is 8.78 Å². The molecule has 1 atom stereocenters. The second kappa shape index (κ2) is 14.1. The molecule has 0 saturated carbocycles. The van der Waals surface area contributed by atoms with Crippen molar-refractivity contribution < 1.29 is 32.6 Å². The number of alkyl halides is 2. The Kier molecular flexibility index (Phi) is 10.9. The Hall–Kier alpha value is -3.16. The van der Waals surface area contributed by atoms with Gasteiger partial charge in [0.05, 0.1) is 26.4 Å². The van der Waals surface area contributed by atoms with Crippen LogP contribution in [0.2, 0.25) is 0 Å². The minimum absolute atomic E-state index is 0.296. The molecule has 1 unspecified atom stereocenters. The Balaban J connectivity index is 1.49. The van der Waals surface area contributed by atoms with Gasteiger partial charge in [-0.3, -0.25) is 9.59 Å². The lowest BCUT2D eigenvalue weighted by molar-refractivity contribution is -0.145. The Bertz CT molecular complexity index is 1050. The van der Waals surface area contributed by atoms with Gasteiger partial charge >= 0.3 is 0 Å². The molecule has 1 fully saturated rings. The average Bonchev–Trinajstić information content (AvgIpc) is 2.93. The Labute approximate surface area is 224 Å². The van der Waals surface area contributed by atoms with Crippen molar-refractivity contribution in [1.29, 1.82) is 0 Å². The Morgan fingerprint density at radius 2 is 1.84 bits per heavy atom. The number of hydrogen-bond donors (Lipinski definition) is 0. The quantitative estimate of drug-likeness (QED) is 0.205. The number of piperidine rings is 1. The fourth-order valence-electron chi connectivity index (χ4n) is 5.09. The standard InChI is InChI=1S/C30H39F2NO5/c1-4-15-30(31,32)28(23-9-7-10-25(19-23)36-2)29(35)33-16-13-22(14-17-33)8-5-6-18-38-26-12-11-24(21-34)27(20-26)37-3/h7,9-12,19-22,28H,4-6,8,13-18H2,1-3H3. The summed E-state index contributed by atoms with van der Waals surface area (Å²) in [5.41, 5.74) is 0.780. The summed E-state index contributed by atoms with van der Waals surface area (Å²) in [4.78, 5) is 26.0. The van der Waals surface area contributed by atoms with Crippen molar-refractivity contribution in [2.75, 3.05) is 33.9 Å². The predicted octanol–water partition coefficient (Wildman–Crippen LogP) is 6.52. The lowest BCUT2D eigenvalue weighted by Gasteiger charge is -2.36. The third kappa shape index (κ3) is 7.68. The van der Waals surface area contributed by atoms with Gasteiger partial charge in [0.25, 0.3) is 5.92 Å². The van der Waals surface area contributed by atoms with Crippen LogP contribution in [0.1, 0.15) is 73.7 Å². The van der Waals surface area contributed by atoms with Crippen LogP contribution in [0.5, 0.6) is 17.2 Å². The van der Waals surface area contributed by atoms with Crippen LogP contribution in [0.3, 0.4) is 0 Å². The SMILES string of the molecule is CCCC(F)(F)C(C(=O)N1CCC(CCCCOc2ccc(C=O)c(OC)c2)CC1)c1cccc(OC)c1. The first kappa shape index (κ1) is 29.4. The number of aldehydes is 1. The minimum Gasteiger partial charge on any atom is -0.497 e. The second-order valence-electron chi connectivity index (χ2n) is 9.86. The zero-order valence-corrected chi connectivity index (χ0v) is 22.6. The molecule has 1 aliphatic heterocycles. The van der Waals surface area contributed by atoms with Gasteiger partial charge < -0.3 is 19.1 Å². The first-order valence-corrected chi connectivity index (χ1v) is 13.4. The number of amides is 1. The van der Waals surface area contributed by atoms with Crippen LogP contribution >= 0.6 is 0 Å². The van der Waals surface area contributed by atoms with E-state index in [0.29, 0.717) is 60.4 Å². The molecule has 0 spiro atoms. The second-order valence-corrected chi connectivity index (χ2v) is 9.86. The molecule has 3 rings (SSSR count). The largest absolute Gasteiger partial charge is 0.497 e. The zero-order chi connectivity index (χ0) is 27.5. The summed E-state index contributed by atoms with van der Waals surface area (Å²) in [7, 11) is 3.00. The average molecular weight is 532 g/mol. The summed E-state index contributed by atoms with van der Waals surface area (Å²) in [6.07, 6.45) is 5.17. The first-order chi connectivity index (χ1) is 18.3. The van der Waals surface area contributed by atoms with Crippen molar-refractivity contribution in [2.24, 2.45) is 5.92 Å². The van der Waals surface area contributed by atoms with Crippen LogP contribution in [-0.2, 0) is 4.79 Å². The number of carbonyl (C=O) groups is 2. The van der Waals surface area contributed by atoms with E-state index in [-0.39, 0.29) is 6.42 Å². The van der Waals surface area contributed by atoms with Crippen LogP contribution < -0.4 is 14.2 Å². The lowest BCUT2D eigenvalue weighted by atomic mass is 9.86. The molecular formula is C30H39F2NO5. The van der Waals surface area contributed by atoms with E-state index in [1.807, 2.05) is 0 Å². The topological polar surface area (TPSA) is 65.1 Å². The smallest absolute Gasteiger partial charge is 0.263 e. The van der Waals surface area contributed by atoms with E-state index in [4.69, 9.17) is 14.2 Å². The molecule has 1 heterocycles. The Morgan fingerprint density at radius 3 is 2.50 bits per heavy atom. The van der Waals surface area contributed by atoms with Crippen molar-refractivity contribution in [1.82, 2.24) is 4.90 Å². The number of nitrogens with zero attached hydrogens (tertiary/aromatic N) is 1. The normalized spacial score (nSPS) is 15.1. The maximum Gasteiger partial charge on any atom is 0.263 e. The molecule has 0 aromatic heterocycles. The summed E-state index contributed by atoms with van der Waals surface area (Å²) in [6, 6.07) is 11.6. The van der Waals surface area contributed by atoms with E-state index in [9.17, 15) is 9.59 Å². The molecule has 1 amide bonds. The van der Waals surface area contributed by atoms with Gasteiger partial charge in [-0.25, -0.2) is 8.78 Å². The molecule has 2 aromatic rings. The van der Waals surface area contributed by atoms with Crippen molar-refractivity contribution in [3.63, 3.8) is 0 Å². The van der Waals surface area contributed by atoms with Crippen molar-refractivity contribution >= 4 is 12.2 Å². The lowest BCUT2D eigenvalue weighted by Crippen LogP contribution is -2.46. The van der Waals surface area contributed by atoms with Crippen molar-refractivity contribution in [3.05, 3.63) is 53.6 Å². The molecule has 1 saturated heterocycles. The Morgan fingerprint density at radius 1 is 1.08 bits per heavy atom. The highest BCUT2D eigenvalue weighted by atomic mass is 19.3. The molecule has 8 heteroatoms. The van der Waals surface area contributed by atoms with Gasteiger partial charge in [-0.2, -0.15) is 0 Å². The van der Waals surface area contributed by atoms with Gasteiger partial charge in [-0.1, -0.05) is 31.9 Å². The van der Waals surface area contributed by atoms with Gasteiger partial charge in [0.2, 0.25) is 5.91 Å². The number of likely N-dealkylation sites (tertiary alicyclic amines) is 1. The zero-order valence-electron chi connectivity index (χ0n) is 22.6. The van der Waals surface area contributed by atoms with Gasteiger partial charge in [0.1, 0.15) is 23.2 Å². The number of unbranched alkanes of at least 4 members (excludes halogenated alkanes) is 1. The number of methoxy groups -OCH3 is 2. The highest BCUT2D eigenvalue weighted by molar-refractivity contribution is 5.85. The molecular weight excluding hydrogens is 492 g/mol. The van der Waals surface area contributed by atoms with E-state index in [1.165, 1.54) is 14.2 Å². The number of halogens is 2. The summed E-state index contributed by atoms with van der Waals surface area (Å²) in [5, 5.41) is 0. The van der Waals surface area contributed by atoms with Crippen molar-refractivity contribution in [3.8, 4) is 17.2 Å². The third-order valence-corrected chi connectivity index (χ3v) is 7.21. The van der Waals surface area contributed by atoms with E-state index in [2.05, 4.69) is 0 Å². The number of carbonyl (C=O) groups excluding carboxylic acids is 2.